The molecule has 0 bridgehead atoms. The van der Waals surface area contributed by atoms with Crippen LogP contribution in [0.5, 0.6) is 0 Å². The Bertz CT molecular complexity index is 675. The highest BCUT2D eigenvalue weighted by atomic mass is 32.1. The van der Waals surface area contributed by atoms with Crippen molar-refractivity contribution in [1.29, 1.82) is 0 Å². The zero-order valence-corrected chi connectivity index (χ0v) is 17.0. The Labute approximate surface area is 152 Å². The molecule has 2 heterocycles. The number of guanidine groups is 1. The summed E-state index contributed by atoms with van der Waals surface area (Å²) in [6.07, 6.45) is 0. The number of hydrogen-bond acceptors (Lipinski definition) is 5. The summed E-state index contributed by atoms with van der Waals surface area (Å²) in [6.45, 7) is 14.9. The van der Waals surface area contributed by atoms with E-state index < -0.39 is 0 Å². The Kier molecular flexibility index (Phi) is 6.34. The van der Waals surface area contributed by atoms with Crippen LogP contribution in [0.4, 0.5) is 0 Å². The van der Waals surface area contributed by atoms with Gasteiger partial charge in [0.1, 0.15) is 5.01 Å². The van der Waals surface area contributed by atoms with E-state index in [1.54, 1.807) is 22.7 Å². The Morgan fingerprint density at radius 2 is 1.96 bits per heavy atom. The third-order valence-corrected chi connectivity index (χ3v) is 5.81. The van der Waals surface area contributed by atoms with Crippen LogP contribution in [-0.4, -0.2) is 22.5 Å². The topological polar surface area (TPSA) is 62.2 Å². The van der Waals surface area contributed by atoms with E-state index in [9.17, 15) is 0 Å². The molecule has 2 rings (SSSR count). The van der Waals surface area contributed by atoms with Crippen molar-refractivity contribution in [3.8, 4) is 0 Å². The van der Waals surface area contributed by atoms with Gasteiger partial charge in [0.25, 0.3) is 0 Å². The van der Waals surface area contributed by atoms with Crippen LogP contribution >= 0.6 is 22.7 Å². The second-order valence-corrected chi connectivity index (χ2v) is 8.84. The summed E-state index contributed by atoms with van der Waals surface area (Å²) in [5, 5.41) is 11.0. The molecule has 2 aromatic rings. The summed E-state index contributed by atoms with van der Waals surface area (Å²) in [6, 6.07) is 0. The highest BCUT2D eigenvalue weighted by Crippen LogP contribution is 2.25. The number of nitrogens with zero attached hydrogens (tertiary/aromatic N) is 3. The van der Waals surface area contributed by atoms with E-state index in [0.29, 0.717) is 13.1 Å². The third-order valence-electron chi connectivity index (χ3n) is 3.42. The number of aryl methyl sites for hydroxylation is 2. The molecular formula is C17H27N5S2. The first-order valence-electron chi connectivity index (χ1n) is 8.19. The standard InChI is InChI=1S/C17H27N5S2/c1-7-18-16(20-9-14-21-11(2)12(3)24-14)19-8-13-10-23-15(22-13)17(4,5)6/h10H,7-9H2,1-6H3,(H2,18,19,20). The molecule has 0 aliphatic heterocycles. The van der Waals surface area contributed by atoms with Crippen molar-refractivity contribution >= 4 is 28.6 Å². The lowest BCUT2D eigenvalue weighted by Gasteiger charge is -2.13. The van der Waals surface area contributed by atoms with Gasteiger partial charge in [-0.3, -0.25) is 0 Å². The average Bonchev–Trinajstić information content (AvgIpc) is 3.09. The summed E-state index contributed by atoms with van der Waals surface area (Å²) in [4.78, 5) is 15.2. The van der Waals surface area contributed by atoms with Gasteiger partial charge < -0.3 is 10.6 Å². The van der Waals surface area contributed by atoms with Gasteiger partial charge in [-0.25, -0.2) is 15.0 Å². The molecule has 0 atom stereocenters. The van der Waals surface area contributed by atoms with Gasteiger partial charge in [-0.1, -0.05) is 20.8 Å². The van der Waals surface area contributed by atoms with Crippen molar-refractivity contribution in [2.45, 2.75) is 60.0 Å². The zero-order chi connectivity index (χ0) is 17.7. The lowest BCUT2D eigenvalue weighted by molar-refractivity contribution is 0.583. The smallest absolute Gasteiger partial charge is 0.191 e. The summed E-state index contributed by atoms with van der Waals surface area (Å²) >= 11 is 3.43. The lowest BCUT2D eigenvalue weighted by atomic mass is 9.98. The van der Waals surface area contributed by atoms with E-state index in [2.05, 4.69) is 60.6 Å². The monoisotopic (exact) mass is 365 g/mol. The molecule has 5 nitrogen and oxygen atoms in total. The van der Waals surface area contributed by atoms with Crippen molar-refractivity contribution in [3.05, 3.63) is 31.7 Å². The van der Waals surface area contributed by atoms with Gasteiger partial charge in [-0.05, 0) is 20.8 Å². The number of hydrogen-bond donors (Lipinski definition) is 2. The van der Waals surface area contributed by atoms with Gasteiger partial charge in [0, 0.05) is 22.2 Å². The van der Waals surface area contributed by atoms with Crippen LogP contribution in [0.1, 0.15) is 54.0 Å². The van der Waals surface area contributed by atoms with Crippen LogP contribution in [-0.2, 0) is 18.5 Å². The molecule has 0 fully saturated rings. The molecule has 0 unspecified atom stereocenters. The van der Waals surface area contributed by atoms with Gasteiger partial charge in [0.2, 0.25) is 0 Å². The van der Waals surface area contributed by atoms with Gasteiger partial charge in [0.15, 0.2) is 5.96 Å². The van der Waals surface area contributed by atoms with Crippen LogP contribution in [0.2, 0.25) is 0 Å². The zero-order valence-electron chi connectivity index (χ0n) is 15.4. The molecule has 24 heavy (non-hydrogen) atoms. The summed E-state index contributed by atoms with van der Waals surface area (Å²) < 4.78 is 0. The molecule has 132 valence electrons. The Morgan fingerprint density at radius 1 is 1.21 bits per heavy atom. The minimum Gasteiger partial charge on any atom is -0.357 e. The Balaban J connectivity index is 1.98. The fourth-order valence-corrected chi connectivity index (χ4v) is 3.77. The molecule has 0 saturated heterocycles. The predicted octanol–water partition coefficient (Wildman–Crippen LogP) is 3.77. The first-order valence-corrected chi connectivity index (χ1v) is 9.89. The number of rotatable bonds is 5. The number of thiazole rings is 2. The van der Waals surface area contributed by atoms with Crippen LogP contribution in [0.3, 0.4) is 0 Å². The van der Waals surface area contributed by atoms with E-state index in [1.165, 1.54) is 4.88 Å². The molecule has 0 amide bonds. The molecule has 0 radical (unpaired) electrons. The van der Waals surface area contributed by atoms with Gasteiger partial charge in [-0.2, -0.15) is 0 Å². The van der Waals surface area contributed by atoms with E-state index in [1.807, 2.05) is 6.92 Å². The van der Waals surface area contributed by atoms with Crippen LogP contribution in [0, 0.1) is 13.8 Å². The van der Waals surface area contributed by atoms with E-state index >= 15 is 0 Å². The molecule has 0 spiro atoms. The normalized spacial score (nSPS) is 12.5. The largest absolute Gasteiger partial charge is 0.357 e. The van der Waals surface area contributed by atoms with Crippen molar-refractivity contribution in [2.75, 3.05) is 6.54 Å². The second-order valence-electron chi connectivity index (χ2n) is 6.69. The van der Waals surface area contributed by atoms with Crippen LogP contribution in [0.15, 0.2) is 10.4 Å². The van der Waals surface area contributed by atoms with Gasteiger partial charge >= 0.3 is 0 Å². The lowest BCUT2D eigenvalue weighted by Crippen LogP contribution is -2.36. The SMILES string of the molecule is CCNC(=NCc1csc(C(C)(C)C)n1)NCc1nc(C)c(C)s1. The van der Waals surface area contributed by atoms with Gasteiger partial charge in [-0.15, -0.1) is 22.7 Å². The number of aliphatic imine (C=N–C) groups is 1. The molecule has 2 aromatic heterocycles. The van der Waals surface area contributed by atoms with Crippen molar-refractivity contribution < 1.29 is 0 Å². The Morgan fingerprint density at radius 3 is 2.50 bits per heavy atom. The quantitative estimate of drug-likeness (QED) is 0.625. The third kappa shape index (κ3) is 5.27. The minimum absolute atomic E-state index is 0.0932. The highest BCUT2D eigenvalue weighted by Gasteiger charge is 2.17. The fraction of sp³-hybridized carbons (Fsp3) is 0.588. The first-order chi connectivity index (χ1) is 11.3. The minimum atomic E-state index is 0.0932. The van der Waals surface area contributed by atoms with Crippen LogP contribution in [0.25, 0.3) is 0 Å². The molecule has 0 aliphatic rings. The van der Waals surface area contributed by atoms with Crippen LogP contribution < -0.4 is 10.6 Å². The Hall–Kier alpha value is -1.47. The first kappa shape index (κ1) is 18.9. The summed E-state index contributed by atoms with van der Waals surface area (Å²) in [5.41, 5.74) is 2.22. The maximum atomic E-state index is 4.69. The van der Waals surface area contributed by atoms with E-state index in [0.717, 1.165) is 33.9 Å². The molecule has 7 heteroatoms. The van der Waals surface area contributed by atoms with Crippen molar-refractivity contribution in [2.24, 2.45) is 4.99 Å². The molecule has 0 aliphatic carbocycles. The maximum Gasteiger partial charge on any atom is 0.191 e. The highest BCUT2D eigenvalue weighted by molar-refractivity contribution is 7.11. The van der Waals surface area contributed by atoms with Gasteiger partial charge in [0.05, 0.1) is 29.5 Å². The summed E-state index contributed by atoms with van der Waals surface area (Å²) in [5.74, 6) is 0.799. The molecular weight excluding hydrogens is 338 g/mol. The van der Waals surface area contributed by atoms with Crippen molar-refractivity contribution in [3.63, 3.8) is 0 Å². The molecule has 2 N–H and O–H groups in total. The maximum absolute atomic E-state index is 4.69. The molecule has 0 saturated carbocycles. The van der Waals surface area contributed by atoms with Crippen molar-refractivity contribution in [1.82, 2.24) is 20.6 Å². The number of aromatic nitrogens is 2. The predicted molar refractivity (Wildman–Crippen MR) is 104 cm³/mol. The second kappa shape index (κ2) is 8.07. The average molecular weight is 366 g/mol. The van der Waals surface area contributed by atoms with E-state index in [4.69, 9.17) is 4.98 Å². The fourth-order valence-electron chi connectivity index (χ4n) is 2.00. The summed E-state index contributed by atoms with van der Waals surface area (Å²) in [7, 11) is 0. The number of nitrogens with one attached hydrogen (secondary N) is 2. The van der Waals surface area contributed by atoms with E-state index in [-0.39, 0.29) is 5.41 Å². The molecule has 0 aromatic carbocycles.